The molecule has 1 aliphatic heterocycles. The maximum atomic E-state index is 12.1. The smallest absolute Gasteiger partial charge is 0.326 e. The van der Waals surface area contributed by atoms with Crippen molar-refractivity contribution in [1.82, 2.24) is 15.1 Å². The number of carbonyl (C=O) groups excluding carboxylic acids is 1. The molecule has 2 N–H and O–H groups in total. The largest absolute Gasteiger partial charge is 0.480 e. The molecular weight excluding hydrogens is 258 g/mol. The Kier molecular flexibility index (Phi) is 4.86. The minimum absolute atomic E-state index is 0.239. The van der Waals surface area contributed by atoms with Crippen LogP contribution in [0.1, 0.15) is 33.1 Å². The highest BCUT2D eigenvalue weighted by atomic mass is 16.4. The second-order valence-electron chi connectivity index (χ2n) is 6.22. The minimum atomic E-state index is -0.955. The number of hydrogen-bond donors (Lipinski definition) is 2. The van der Waals surface area contributed by atoms with E-state index in [1.165, 1.54) is 12.8 Å². The van der Waals surface area contributed by atoms with Crippen LogP contribution in [0.15, 0.2) is 0 Å². The van der Waals surface area contributed by atoms with Gasteiger partial charge in [-0.3, -0.25) is 4.90 Å². The molecule has 2 amide bonds. The van der Waals surface area contributed by atoms with Gasteiger partial charge >= 0.3 is 12.0 Å². The topological polar surface area (TPSA) is 72.9 Å². The van der Waals surface area contributed by atoms with Gasteiger partial charge in [0, 0.05) is 32.2 Å². The summed E-state index contributed by atoms with van der Waals surface area (Å²) in [6.45, 7) is 7.10. The van der Waals surface area contributed by atoms with E-state index in [9.17, 15) is 9.59 Å². The van der Waals surface area contributed by atoms with E-state index in [0.29, 0.717) is 19.5 Å². The predicted octanol–water partition coefficient (Wildman–Crippen LogP) is 0.975. The van der Waals surface area contributed by atoms with Crippen LogP contribution in [-0.4, -0.2) is 65.2 Å². The van der Waals surface area contributed by atoms with Crippen LogP contribution in [0.4, 0.5) is 4.79 Å². The van der Waals surface area contributed by atoms with Gasteiger partial charge in [-0.05, 0) is 25.2 Å². The van der Waals surface area contributed by atoms with Crippen LogP contribution in [-0.2, 0) is 4.79 Å². The molecule has 1 aliphatic carbocycles. The SMILES string of the molecule is CC(C)C[C@@H](NC(=O)N1CCN(C2CC2)CC1)C(=O)O. The van der Waals surface area contributed by atoms with Crippen molar-refractivity contribution in [3.63, 3.8) is 0 Å². The molecule has 1 heterocycles. The number of carboxylic acids is 1. The zero-order valence-corrected chi connectivity index (χ0v) is 12.3. The molecule has 6 nitrogen and oxygen atoms in total. The van der Waals surface area contributed by atoms with E-state index in [1.54, 1.807) is 4.90 Å². The number of rotatable bonds is 5. The molecule has 2 rings (SSSR count). The van der Waals surface area contributed by atoms with Crippen LogP contribution in [0.25, 0.3) is 0 Å². The summed E-state index contributed by atoms with van der Waals surface area (Å²) >= 11 is 0. The van der Waals surface area contributed by atoms with Crippen LogP contribution in [0.2, 0.25) is 0 Å². The lowest BCUT2D eigenvalue weighted by Gasteiger charge is -2.35. The highest BCUT2D eigenvalue weighted by Crippen LogP contribution is 2.27. The van der Waals surface area contributed by atoms with Crippen LogP contribution in [0.5, 0.6) is 0 Å². The Morgan fingerprint density at radius 3 is 2.25 bits per heavy atom. The molecule has 2 aliphatic rings. The number of carboxylic acid groups (broad SMARTS) is 1. The van der Waals surface area contributed by atoms with Gasteiger partial charge in [-0.25, -0.2) is 9.59 Å². The third-order valence-electron chi connectivity index (χ3n) is 3.97. The van der Waals surface area contributed by atoms with Crippen molar-refractivity contribution >= 4 is 12.0 Å². The van der Waals surface area contributed by atoms with Crippen molar-refractivity contribution in [3.8, 4) is 0 Å². The maximum Gasteiger partial charge on any atom is 0.326 e. The van der Waals surface area contributed by atoms with Gasteiger partial charge in [-0.2, -0.15) is 0 Å². The van der Waals surface area contributed by atoms with Crippen LogP contribution < -0.4 is 5.32 Å². The fourth-order valence-corrected chi connectivity index (χ4v) is 2.66. The number of amides is 2. The fraction of sp³-hybridized carbons (Fsp3) is 0.857. The van der Waals surface area contributed by atoms with Crippen LogP contribution in [0.3, 0.4) is 0 Å². The van der Waals surface area contributed by atoms with Gasteiger partial charge in [0.1, 0.15) is 6.04 Å². The molecule has 0 aromatic rings. The molecule has 0 radical (unpaired) electrons. The molecule has 114 valence electrons. The zero-order valence-electron chi connectivity index (χ0n) is 12.3. The Morgan fingerprint density at radius 2 is 1.80 bits per heavy atom. The molecule has 0 aromatic heterocycles. The molecule has 1 atom stereocenters. The van der Waals surface area contributed by atoms with E-state index >= 15 is 0 Å². The third-order valence-corrected chi connectivity index (χ3v) is 3.97. The molecular formula is C14H25N3O3. The Balaban J connectivity index is 1.79. The average Bonchev–Trinajstić information content (AvgIpc) is 3.21. The first kappa shape index (κ1) is 15.1. The average molecular weight is 283 g/mol. The monoisotopic (exact) mass is 283 g/mol. The van der Waals surface area contributed by atoms with E-state index in [0.717, 1.165) is 19.1 Å². The lowest BCUT2D eigenvalue weighted by Crippen LogP contribution is -2.55. The maximum absolute atomic E-state index is 12.1. The lowest BCUT2D eigenvalue weighted by atomic mass is 10.0. The van der Waals surface area contributed by atoms with Crippen molar-refractivity contribution in [3.05, 3.63) is 0 Å². The van der Waals surface area contributed by atoms with Gasteiger partial charge in [-0.1, -0.05) is 13.8 Å². The van der Waals surface area contributed by atoms with Crippen LogP contribution in [0, 0.1) is 5.92 Å². The van der Waals surface area contributed by atoms with Gasteiger partial charge in [0.2, 0.25) is 0 Å². The number of piperazine rings is 1. The number of carbonyl (C=O) groups is 2. The first-order valence-electron chi connectivity index (χ1n) is 7.49. The van der Waals surface area contributed by atoms with Crippen molar-refractivity contribution in [2.24, 2.45) is 5.92 Å². The summed E-state index contributed by atoms with van der Waals surface area (Å²) in [4.78, 5) is 27.4. The van der Waals surface area contributed by atoms with Gasteiger partial charge in [0.15, 0.2) is 0 Å². The second kappa shape index (κ2) is 6.43. The van der Waals surface area contributed by atoms with Crippen molar-refractivity contribution in [2.45, 2.75) is 45.2 Å². The molecule has 20 heavy (non-hydrogen) atoms. The van der Waals surface area contributed by atoms with Gasteiger partial charge < -0.3 is 15.3 Å². The number of aliphatic carboxylic acids is 1. The van der Waals surface area contributed by atoms with Gasteiger partial charge in [0.25, 0.3) is 0 Å². The summed E-state index contributed by atoms with van der Waals surface area (Å²) < 4.78 is 0. The Morgan fingerprint density at radius 1 is 1.20 bits per heavy atom. The Hall–Kier alpha value is -1.30. The Bertz CT molecular complexity index is 361. The quantitative estimate of drug-likeness (QED) is 0.789. The summed E-state index contributed by atoms with van der Waals surface area (Å²) in [5, 5.41) is 11.8. The summed E-state index contributed by atoms with van der Waals surface area (Å²) in [6, 6.07) is -0.301. The Labute approximate surface area is 120 Å². The van der Waals surface area contributed by atoms with Crippen LogP contribution >= 0.6 is 0 Å². The zero-order chi connectivity index (χ0) is 14.7. The number of nitrogens with zero attached hydrogens (tertiary/aromatic N) is 2. The van der Waals surface area contributed by atoms with Crippen molar-refractivity contribution in [2.75, 3.05) is 26.2 Å². The second-order valence-corrected chi connectivity index (χ2v) is 6.22. The van der Waals surface area contributed by atoms with Crippen molar-refractivity contribution in [1.29, 1.82) is 0 Å². The summed E-state index contributed by atoms with van der Waals surface area (Å²) in [7, 11) is 0. The number of urea groups is 1. The molecule has 1 saturated carbocycles. The predicted molar refractivity (Wildman–Crippen MR) is 75.6 cm³/mol. The van der Waals surface area contributed by atoms with E-state index in [4.69, 9.17) is 5.11 Å². The molecule has 1 saturated heterocycles. The number of hydrogen-bond acceptors (Lipinski definition) is 3. The summed E-state index contributed by atoms with van der Waals surface area (Å²) in [6.07, 6.45) is 3.02. The highest BCUT2D eigenvalue weighted by molar-refractivity contribution is 5.82. The summed E-state index contributed by atoms with van der Waals surface area (Å²) in [5.41, 5.74) is 0. The highest BCUT2D eigenvalue weighted by Gasteiger charge is 2.33. The van der Waals surface area contributed by atoms with Gasteiger partial charge in [0.05, 0.1) is 0 Å². The van der Waals surface area contributed by atoms with Crippen molar-refractivity contribution < 1.29 is 14.7 Å². The van der Waals surface area contributed by atoms with E-state index < -0.39 is 12.0 Å². The van der Waals surface area contributed by atoms with E-state index in [2.05, 4.69) is 10.2 Å². The standard InChI is InChI=1S/C14H25N3O3/c1-10(2)9-12(13(18)19)15-14(20)17-7-5-16(6-8-17)11-3-4-11/h10-12H,3-9H2,1-2H3,(H,15,20)(H,18,19)/t12-/m1/s1. The first-order chi connectivity index (χ1) is 9.47. The first-order valence-corrected chi connectivity index (χ1v) is 7.49. The lowest BCUT2D eigenvalue weighted by molar-refractivity contribution is -0.139. The fourth-order valence-electron chi connectivity index (χ4n) is 2.66. The molecule has 0 bridgehead atoms. The molecule has 2 fully saturated rings. The van der Waals surface area contributed by atoms with E-state index in [1.807, 2.05) is 13.8 Å². The van der Waals surface area contributed by atoms with E-state index in [-0.39, 0.29) is 11.9 Å². The molecule has 0 aromatic carbocycles. The molecule has 6 heteroatoms. The molecule has 0 spiro atoms. The number of nitrogens with one attached hydrogen (secondary N) is 1. The third kappa shape index (κ3) is 4.10. The normalized spacial score (nSPS) is 21.9. The minimum Gasteiger partial charge on any atom is -0.480 e. The van der Waals surface area contributed by atoms with Gasteiger partial charge in [-0.15, -0.1) is 0 Å². The molecule has 0 unspecified atom stereocenters. The summed E-state index contributed by atoms with van der Waals surface area (Å²) in [5.74, 6) is -0.716.